The van der Waals surface area contributed by atoms with E-state index in [2.05, 4.69) is 5.32 Å². The molecule has 1 aliphatic rings. The third kappa shape index (κ3) is 5.56. The Morgan fingerprint density at radius 3 is 2.78 bits per heavy atom. The van der Waals surface area contributed by atoms with Crippen molar-refractivity contribution in [2.45, 2.75) is 25.5 Å². The fraction of sp³-hybridized carbons (Fsp3) is 0.259. The molecule has 0 radical (unpaired) electrons. The molecular weight excluding hydrogens is 498 g/mol. The number of carbonyl (C=O) groups is 1. The van der Waals surface area contributed by atoms with Crippen molar-refractivity contribution in [2.75, 3.05) is 25.2 Å². The number of hydrogen-bond acceptors (Lipinski definition) is 7. The normalized spacial score (nSPS) is 15.1. The minimum Gasteiger partial charge on any atom is -0.497 e. The zero-order chi connectivity index (χ0) is 24.9. The summed E-state index contributed by atoms with van der Waals surface area (Å²) in [6.07, 6.45) is 2.06. The zero-order valence-corrected chi connectivity index (χ0v) is 21.3. The summed E-state index contributed by atoms with van der Waals surface area (Å²) >= 11 is 8.08. The standard InChI is InChI=1S/C27H26ClN3O4S/c1-33-19-10-8-18(9-11-19)23-17-36-27(30-23)31(24-7-3-2-6-22(24)28)16-21-12-13-25(35-21)26(32)29-15-20-5-4-14-34-20/h2-3,6-13,17,20H,4-5,14-16H2,1H3,(H,29,32)/t20-/m0/s1. The van der Waals surface area contributed by atoms with Crippen LogP contribution in [0.3, 0.4) is 0 Å². The molecule has 0 saturated carbocycles. The Morgan fingerprint density at radius 1 is 1.19 bits per heavy atom. The molecule has 0 spiro atoms. The van der Waals surface area contributed by atoms with Crippen molar-refractivity contribution in [3.05, 3.63) is 82.6 Å². The van der Waals surface area contributed by atoms with Crippen LogP contribution in [0, 0.1) is 0 Å². The topological polar surface area (TPSA) is 76.8 Å². The number of anilines is 2. The average molecular weight is 524 g/mol. The Balaban J connectivity index is 1.36. The van der Waals surface area contributed by atoms with Crippen LogP contribution in [-0.2, 0) is 11.3 Å². The summed E-state index contributed by atoms with van der Waals surface area (Å²) in [4.78, 5) is 19.5. The van der Waals surface area contributed by atoms with Crippen LogP contribution in [0.4, 0.5) is 10.8 Å². The quantitative estimate of drug-likeness (QED) is 0.277. The van der Waals surface area contributed by atoms with E-state index in [0.717, 1.165) is 47.3 Å². The number of amides is 1. The first-order chi connectivity index (χ1) is 17.6. The van der Waals surface area contributed by atoms with Gasteiger partial charge in [0, 0.05) is 24.1 Å². The number of nitrogens with one attached hydrogen (secondary N) is 1. The molecular formula is C27H26ClN3O4S. The molecule has 0 bridgehead atoms. The van der Waals surface area contributed by atoms with E-state index in [1.165, 1.54) is 11.3 Å². The molecule has 1 fully saturated rings. The molecule has 4 aromatic rings. The molecule has 2 aromatic carbocycles. The maximum atomic E-state index is 12.6. The second kappa shape index (κ2) is 11.2. The number of ether oxygens (including phenoxy) is 2. The molecule has 0 unspecified atom stereocenters. The highest BCUT2D eigenvalue weighted by atomic mass is 35.5. The van der Waals surface area contributed by atoms with Gasteiger partial charge in [0.2, 0.25) is 0 Å². The van der Waals surface area contributed by atoms with Crippen molar-refractivity contribution in [3.63, 3.8) is 0 Å². The van der Waals surface area contributed by atoms with E-state index >= 15 is 0 Å². The smallest absolute Gasteiger partial charge is 0.287 e. The molecule has 186 valence electrons. The lowest BCUT2D eigenvalue weighted by Gasteiger charge is -2.22. The fourth-order valence-corrected chi connectivity index (χ4v) is 5.13. The maximum Gasteiger partial charge on any atom is 0.287 e. The number of halogens is 1. The Hall–Kier alpha value is -3.33. The number of nitrogens with zero attached hydrogens (tertiary/aromatic N) is 2. The molecule has 9 heteroatoms. The molecule has 1 N–H and O–H groups in total. The van der Waals surface area contributed by atoms with Gasteiger partial charge in [-0.3, -0.25) is 4.79 Å². The van der Waals surface area contributed by atoms with Crippen LogP contribution >= 0.6 is 22.9 Å². The number of carbonyl (C=O) groups excluding carboxylic acids is 1. The van der Waals surface area contributed by atoms with Crippen LogP contribution in [0.2, 0.25) is 5.02 Å². The van der Waals surface area contributed by atoms with Crippen molar-refractivity contribution in [2.24, 2.45) is 0 Å². The maximum absolute atomic E-state index is 12.6. The van der Waals surface area contributed by atoms with Gasteiger partial charge in [0.15, 0.2) is 10.9 Å². The minimum atomic E-state index is -0.253. The largest absolute Gasteiger partial charge is 0.497 e. The lowest BCUT2D eigenvalue weighted by molar-refractivity contribution is 0.0834. The van der Waals surface area contributed by atoms with Gasteiger partial charge in [0.1, 0.15) is 11.5 Å². The molecule has 36 heavy (non-hydrogen) atoms. The number of furan rings is 1. The van der Waals surface area contributed by atoms with E-state index in [0.29, 0.717) is 23.9 Å². The first kappa shape index (κ1) is 24.4. The average Bonchev–Trinajstić information content (AvgIpc) is 3.69. The van der Waals surface area contributed by atoms with Crippen LogP contribution in [-0.4, -0.2) is 37.3 Å². The monoisotopic (exact) mass is 523 g/mol. The SMILES string of the molecule is COc1ccc(-c2csc(N(Cc3ccc(C(=O)NC[C@@H]4CCCO4)o3)c3ccccc3Cl)n2)cc1. The van der Waals surface area contributed by atoms with Crippen molar-refractivity contribution in [1.82, 2.24) is 10.3 Å². The second-order valence-corrected chi connectivity index (χ2v) is 9.64. The lowest BCUT2D eigenvalue weighted by Crippen LogP contribution is -2.31. The van der Waals surface area contributed by atoms with E-state index in [4.69, 9.17) is 30.5 Å². The predicted octanol–water partition coefficient (Wildman–Crippen LogP) is 6.31. The Kier molecular flexibility index (Phi) is 7.55. The van der Waals surface area contributed by atoms with Crippen LogP contribution in [0.25, 0.3) is 11.3 Å². The summed E-state index contributed by atoms with van der Waals surface area (Å²) < 4.78 is 16.8. The van der Waals surface area contributed by atoms with E-state index < -0.39 is 0 Å². The Labute approximate surface area is 218 Å². The van der Waals surface area contributed by atoms with E-state index in [-0.39, 0.29) is 17.8 Å². The van der Waals surface area contributed by atoms with Crippen LogP contribution in [0.5, 0.6) is 5.75 Å². The summed E-state index contributed by atoms with van der Waals surface area (Å²) in [5, 5.41) is 6.26. The van der Waals surface area contributed by atoms with E-state index in [9.17, 15) is 4.79 Å². The van der Waals surface area contributed by atoms with Gasteiger partial charge in [-0.05, 0) is 61.4 Å². The molecule has 1 atom stereocenters. The summed E-state index contributed by atoms with van der Waals surface area (Å²) in [5.74, 6) is 1.43. The molecule has 1 amide bonds. The van der Waals surface area contributed by atoms with Gasteiger partial charge in [-0.2, -0.15) is 0 Å². The first-order valence-electron chi connectivity index (χ1n) is 11.7. The van der Waals surface area contributed by atoms with Gasteiger partial charge in [0.25, 0.3) is 5.91 Å². The predicted molar refractivity (Wildman–Crippen MR) is 141 cm³/mol. The highest BCUT2D eigenvalue weighted by Crippen LogP contribution is 2.37. The molecule has 7 nitrogen and oxygen atoms in total. The molecule has 5 rings (SSSR count). The van der Waals surface area contributed by atoms with Crippen LogP contribution < -0.4 is 15.0 Å². The van der Waals surface area contributed by atoms with Crippen molar-refractivity contribution in [3.8, 4) is 17.0 Å². The number of para-hydroxylation sites is 1. The minimum absolute atomic E-state index is 0.0731. The number of benzene rings is 2. The summed E-state index contributed by atoms with van der Waals surface area (Å²) in [6.45, 7) is 1.59. The van der Waals surface area contributed by atoms with Crippen LogP contribution in [0.15, 0.2) is 70.5 Å². The van der Waals surface area contributed by atoms with Gasteiger partial charge in [-0.1, -0.05) is 23.7 Å². The summed E-state index contributed by atoms with van der Waals surface area (Å²) in [6, 6.07) is 18.9. The third-order valence-corrected chi connectivity index (χ3v) is 7.15. The molecule has 1 saturated heterocycles. The number of hydrogen-bond donors (Lipinski definition) is 1. The van der Waals surface area contributed by atoms with E-state index in [1.807, 2.05) is 64.9 Å². The van der Waals surface area contributed by atoms with Crippen molar-refractivity contribution < 1.29 is 18.7 Å². The zero-order valence-electron chi connectivity index (χ0n) is 19.8. The highest BCUT2D eigenvalue weighted by molar-refractivity contribution is 7.14. The summed E-state index contributed by atoms with van der Waals surface area (Å²) in [5.41, 5.74) is 2.64. The van der Waals surface area contributed by atoms with Gasteiger partial charge in [-0.25, -0.2) is 4.98 Å². The Morgan fingerprint density at radius 2 is 2.03 bits per heavy atom. The molecule has 0 aliphatic carbocycles. The molecule has 1 aliphatic heterocycles. The van der Waals surface area contributed by atoms with Gasteiger partial charge >= 0.3 is 0 Å². The number of methoxy groups -OCH3 is 1. The van der Waals surface area contributed by atoms with Crippen molar-refractivity contribution >= 4 is 39.7 Å². The van der Waals surface area contributed by atoms with Gasteiger partial charge in [0.05, 0.1) is 36.2 Å². The van der Waals surface area contributed by atoms with Gasteiger partial charge in [-0.15, -0.1) is 11.3 Å². The molecule has 2 aromatic heterocycles. The third-order valence-electron chi connectivity index (χ3n) is 5.97. The Bertz CT molecular complexity index is 1310. The van der Waals surface area contributed by atoms with Crippen molar-refractivity contribution in [1.29, 1.82) is 0 Å². The fourth-order valence-electron chi connectivity index (χ4n) is 4.05. The number of rotatable bonds is 9. The lowest BCUT2D eigenvalue weighted by atomic mass is 10.2. The van der Waals surface area contributed by atoms with E-state index in [1.54, 1.807) is 13.2 Å². The van der Waals surface area contributed by atoms with Crippen LogP contribution in [0.1, 0.15) is 29.2 Å². The first-order valence-corrected chi connectivity index (χ1v) is 13.0. The highest BCUT2D eigenvalue weighted by Gasteiger charge is 2.21. The number of thiazole rings is 1. The number of aromatic nitrogens is 1. The molecule has 3 heterocycles. The second-order valence-electron chi connectivity index (χ2n) is 8.39. The summed E-state index contributed by atoms with van der Waals surface area (Å²) in [7, 11) is 1.64. The van der Waals surface area contributed by atoms with Gasteiger partial charge < -0.3 is 24.1 Å².